The van der Waals surface area contributed by atoms with Crippen LogP contribution in [0.5, 0.6) is 0 Å². The average molecular weight is 391 g/mol. The van der Waals surface area contributed by atoms with Crippen molar-refractivity contribution in [2.75, 3.05) is 13.2 Å². The number of aryl methyl sites for hydroxylation is 1. The lowest BCUT2D eigenvalue weighted by molar-refractivity contribution is -0.150. The minimum Gasteiger partial charge on any atom is -0.385 e. The second-order valence-corrected chi connectivity index (χ2v) is 7.97. The molecule has 2 aromatic rings. The number of halogens is 3. The number of hydrogen-bond donors (Lipinski definition) is 1. The molecule has 2 saturated heterocycles. The Morgan fingerprint density at radius 2 is 1.71 bits per heavy atom. The molecule has 1 N–H and O–H groups in total. The number of aliphatic hydroxyl groups is 1. The molecule has 2 aromatic carbocycles. The predicted molar refractivity (Wildman–Crippen MR) is 99.7 cm³/mol. The highest BCUT2D eigenvalue weighted by Gasteiger charge is 2.47. The van der Waals surface area contributed by atoms with Crippen molar-refractivity contribution < 1.29 is 23.0 Å². The van der Waals surface area contributed by atoms with E-state index >= 15 is 0 Å². The number of nitrogens with zero attached hydrogens (tertiary/aromatic N) is 1. The molecule has 0 aliphatic carbocycles. The van der Waals surface area contributed by atoms with E-state index in [-0.39, 0.29) is 17.6 Å². The summed E-state index contributed by atoms with van der Waals surface area (Å²) in [6.45, 7) is 3.15. The van der Waals surface area contributed by atoms with Crippen molar-refractivity contribution in [1.29, 1.82) is 0 Å². The summed E-state index contributed by atoms with van der Waals surface area (Å²) in [5.41, 5.74) is -0.252. The molecule has 2 fully saturated rings. The van der Waals surface area contributed by atoms with E-state index in [0.29, 0.717) is 31.6 Å². The molecule has 0 amide bonds. The molecular weight excluding hydrogens is 367 g/mol. The third kappa shape index (κ3) is 3.69. The fourth-order valence-corrected chi connectivity index (χ4v) is 4.55. The zero-order valence-electron chi connectivity index (χ0n) is 15.7. The number of hydrogen-bond acceptors (Lipinski definition) is 3. The van der Waals surface area contributed by atoms with Crippen LogP contribution in [0.3, 0.4) is 0 Å². The first-order chi connectivity index (χ1) is 13.3. The summed E-state index contributed by atoms with van der Waals surface area (Å²) in [5, 5.41) is 11.4. The molecule has 2 atom stereocenters. The first-order valence-corrected chi connectivity index (χ1v) is 9.54. The Labute approximate surface area is 162 Å². The molecule has 2 unspecified atom stereocenters. The van der Waals surface area contributed by atoms with E-state index < -0.39 is 17.3 Å². The summed E-state index contributed by atoms with van der Waals surface area (Å²) in [7, 11) is 0. The highest BCUT2D eigenvalue weighted by molar-refractivity contribution is 5.37. The van der Waals surface area contributed by atoms with E-state index in [4.69, 9.17) is 4.74 Å². The van der Waals surface area contributed by atoms with Gasteiger partial charge in [0.1, 0.15) is 0 Å². The summed E-state index contributed by atoms with van der Waals surface area (Å²) >= 11 is 0. The van der Waals surface area contributed by atoms with Gasteiger partial charge in [-0.15, -0.1) is 0 Å². The smallest absolute Gasteiger partial charge is 0.385 e. The van der Waals surface area contributed by atoms with E-state index in [1.807, 2.05) is 18.2 Å². The van der Waals surface area contributed by atoms with Gasteiger partial charge in [-0.2, -0.15) is 13.2 Å². The molecule has 28 heavy (non-hydrogen) atoms. The van der Waals surface area contributed by atoms with E-state index in [2.05, 4.69) is 17.0 Å². The Bertz CT molecular complexity index is 823. The summed E-state index contributed by atoms with van der Waals surface area (Å²) in [6.07, 6.45) is -3.71. The topological polar surface area (TPSA) is 32.7 Å². The first-order valence-electron chi connectivity index (χ1n) is 9.54. The van der Waals surface area contributed by atoms with Crippen LogP contribution in [0.2, 0.25) is 0 Å². The minimum atomic E-state index is -4.43. The predicted octanol–water partition coefficient (Wildman–Crippen LogP) is 4.26. The van der Waals surface area contributed by atoms with Crippen LogP contribution in [-0.2, 0) is 23.1 Å². The Balaban J connectivity index is 1.61. The molecular formula is C22H24F3NO2. The number of ether oxygens (including phenoxy) is 1. The van der Waals surface area contributed by atoms with Crippen LogP contribution in [-0.4, -0.2) is 35.3 Å². The Morgan fingerprint density at radius 3 is 2.32 bits per heavy atom. The van der Waals surface area contributed by atoms with Crippen LogP contribution in [0, 0.1) is 6.92 Å². The molecule has 2 heterocycles. The first kappa shape index (κ1) is 19.4. The van der Waals surface area contributed by atoms with Gasteiger partial charge in [0.05, 0.1) is 24.4 Å². The Morgan fingerprint density at radius 1 is 1.07 bits per heavy atom. The number of alkyl halides is 3. The lowest BCUT2D eigenvalue weighted by Crippen LogP contribution is -2.60. The third-order valence-corrected chi connectivity index (χ3v) is 5.99. The molecule has 0 spiro atoms. The highest BCUT2D eigenvalue weighted by Crippen LogP contribution is 2.43. The van der Waals surface area contributed by atoms with Crippen molar-refractivity contribution in [3.8, 4) is 0 Å². The number of fused-ring (bicyclic) bond motifs is 2. The zero-order chi connectivity index (χ0) is 19.9. The van der Waals surface area contributed by atoms with Gasteiger partial charge in [-0.05, 0) is 42.5 Å². The quantitative estimate of drug-likeness (QED) is 0.849. The second kappa shape index (κ2) is 7.17. The van der Waals surface area contributed by atoms with E-state index in [0.717, 1.165) is 12.6 Å². The monoisotopic (exact) mass is 391 g/mol. The molecule has 2 aliphatic heterocycles. The molecule has 6 heteroatoms. The van der Waals surface area contributed by atoms with Crippen LogP contribution in [0.25, 0.3) is 0 Å². The second-order valence-electron chi connectivity index (χ2n) is 7.97. The minimum absolute atomic E-state index is 0.0339. The van der Waals surface area contributed by atoms with Crippen LogP contribution >= 0.6 is 0 Å². The van der Waals surface area contributed by atoms with Crippen molar-refractivity contribution in [3.05, 3.63) is 70.8 Å². The maximum absolute atomic E-state index is 13.3. The molecule has 0 saturated carbocycles. The highest BCUT2D eigenvalue weighted by atomic mass is 19.4. The number of morpholine rings is 1. The van der Waals surface area contributed by atoms with Gasteiger partial charge < -0.3 is 9.84 Å². The molecule has 3 nitrogen and oxygen atoms in total. The lowest BCUT2D eigenvalue weighted by atomic mass is 9.76. The van der Waals surface area contributed by atoms with Crippen LogP contribution in [0.15, 0.2) is 48.5 Å². The van der Waals surface area contributed by atoms with Gasteiger partial charge in [0, 0.05) is 18.6 Å². The van der Waals surface area contributed by atoms with Crippen molar-refractivity contribution in [2.24, 2.45) is 0 Å². The fourth-order valence-electron chi connectivity index (χ4n) is 4.55. The van der Waals surface area contributed by atoms with Gasteiger partial charge >= 0.3 is 6.18 Å². The van der Waals surface area contributed by atoms with Gasteiger partial charge in [-0.1, -0.05) is 42.5 Å². The van der Waals surface area contributed by atoms with Gasteiger partial charge in [0.25, 0.3) is 0 Å². The van der Waals surface area contributed by atoms with Crippen molar-refractivity contribution in [2.45, 2.75) is 50.2 Å². The fraction of sp³-hybridized carbons (Fsp3) is 0.455. The number of rotatable bonds is 3. The molecule has 0 aromatic heterocycles. The average Bonchev–Trinajstić information content (AvgIpc) is 2.63. The van der Waals surface area contributed by atoms with E-state index in [1.54, 1.807) is 6.07 Å². The number of piperidine rings is 1. The SMILES string of the molecule is Cc1ccc(C2(O)CC3COCC(C2)N3Cc2ccccc2)cc1C(F)(F)F. The van der Waals surface area contributed by atoms with Gasteiger partial charge in [-0.3, -0.25) is 4.90 Å². The zero-order valence-corrected chi connectivity index (χ0v) is 15.7. The summed E-state index contributed by atoms with van der Waals surface area (Å²) in [6, 6.07) is 14.2. The molecule has 2 bridgehead atoms. The van der Waals surface area contributed by atoms with Gasteiger partial charge in [0.15, 0.2) is 0 Å². The van der Waals surface area contributed by atoms with E-state index in [1.165, 1.54) is 18.6 Å². The van der Waals surface area contributed by atoms with Crippen LogP contribution in [0.1, 0.15) is 35.1 Å². The van der Waals surface area contributed by atoms with Gasteiger partial charge in [-0.25, -0.2) is 0 Å². The molecule has 2 aliphatic rings. The standard InChI is InChI=1S/C22H24F3NO2/c1-15-7-8-17(9-20(15)22(23,24)25)21(27)10-18-13-28-14-19(11-21)26(18)12-16-5-3-2-4-6-16/h2-9,18-19,27H,10-14H2,1H3. The normalized spacial score (nSPS) is 28.3. The Kier molecular flexibility index (Phi) is 4.98. The summed E-state index contributed by atoms with van der Waals surface area (Å²) in [4.78, 5) is 2.33. The Hall–Kier alpha value is -1.89. The largest absolute Gasteiger partial charge is 0.416 e. The summed E-state index contributed by atoms with van der Waals surface area (Å²) in [5.74, 6) is 0. The maximum atomic E-state index is 13.3. The van der Waals surface area contributed by atoms with E-state index in [9.17, 15) is 18.3 Å². The summed E-state index contributed by atoms with van der Waals surface area (Å²) < 4.78 is 45.7. The maximum Gasteiger partial charge on any atom is 0.416 e. The van der Waals surface area contributed by atoms with Crippen molar-refractivity contribution >= 4 is 0 Å². The van der Waals surface area contributed by atoms with Crippen molar-refractivity contribution in [1.82, 2.24) is 4.90 Å². The molecule has 150 valence electrons. The van der Waals surface area contributed by atoms with Crippen molar-refractivity contribution in [3.63, 3.8) is 0 Å². The van der Waals surface area contributed by atoms with Gasteiger partial charge in [0.2, 0.25) is 0 Å². The lowest BCUT2D eigenvalue weighted by Gasteiger charge is -2.52. The van der Waals surface area contributed by atoms with Crippen LogP contribution < -0.4 is 0 Å². The third-order valence-electron chi connectivity index (χ3n) is 5.99. The number of benzene rings is 2. The van der Waals surface area contributed by atoms with Crippen LogP contribution in [0.4, 0.5) is 13.2 Å². The molecule has 4 rings (SSSR count). The molecule has 0 radical (unpaired) electrons.